The molecule has 0 spiro atoms. The molecule has 0 saturated carbocycles. The summed E-state index contributed by atoms with van der Waals surface area (Å²) in [5, 5.41) is 12.1. The molecule has 1 heterocycles. The summed E-state index contributed by atoms with van der Waals surface area (Å²) in [6, 6.07) is 10.6. The molecular weight excluding hydrogens is 338 g/mol. The van der Waals surface area contributed by atoms with E-state index in [4.69, 9.17) is 0 Å². The van der Waals surface area contributed by atoms with Gasteiger partial charge in [-0.1, -0.05) is 13.8 Å². The molecule has 0 aliphatic carbocycles. The number of hydrogen-bond acceptors (Lipinski definition) is 3. The van der Waals surface area contributed by atoms with Crippen molar-refractivity contribution >= 4 is 23.5 Å². The number of amides is 1. The molecule has 1 amide bonds. The van der Waals surface area contributed by atoms with E-state index >= 15 is 0 Å². The molecule has 2 rings (SSSR count). The summed E-state index contributed by atoms with van der Waals surface area (Å²) < 4.78 is 2.20. The Bertz CT molecular complexity index is 926. The van der Waals surface area contributed by atoms with Crippen molar-refractivity contribution in [3.8, 4) is 6.07 Å². The van der Waals surface area contributed by atoms with Crippen molar-refractivity contribution in [1.82, 2.24) is 4.57 Å². The maximum atomic E-state index is 12.5. The summed E-state index contributed by atoms with van der Waals surface area (Å²) >= 11 is 0. The first kappa shape index (κ1) is 20.2. The molecule has 0 unspecified atom stereocenters. The van der Waals surface area contributed by atoms with Crippen LogP contribution in [0.2, 0.25) is 0 Å². The molecule has 5 heteroatoms. The molecule has 27 heavy (non-hydrogen) atoms. The van der Waals surface area contributed by atoms with Crippen molar-refractivity contribution in [2.75, 3.05) is 5.32 Å². The van der Waals surface area contributed by atoms with Crippen molar-refractivity contribution in [1.29, 1.82) is 5.26 Å². The quantitative estimate of drug-likeness (QED) is 0.466. The lowest BCUT2D eigenvalue weighted by Gasteiger charge is -2.12. The van der Waals surface area contributed by atoms with E-state index in [1.165, 1.54) is 6.92 Å². The molecule has 5 nitrogen and oxygen atoms in total. The van der Waals surface area contributed by atoms with E-state index in [1.54, 1.807) is 30.3 Å². The fraction of sp³-hybridized carbons (Fsp3) is 0.318. The van der Waals surface area contributed by atoms with Gasteiger partial charge < -0.3 is 9.88 Å². The molecule has 0 fully saturated rings. The zero-order valence-corrected chi connectivity index (χ0v) is 16.5. The van der Waals surface area contributed by atoms with Crippen molar-refractivity contribution in [2.24, 2.45) is 5.92 Å². The van der Waals surface area contributed by atoms with Crippen LogP contribution in [0.5, 0.6) is 0 Å². The molecule has 1 aromatic carbocycles. The van der Waals surface area contributed by atoms with Crippen LogP contribution in [0, 0.1) is 31.1 Å². The Morgan fingerprint density at radius 1 is 1.22 bits per heavy atom. The molecule has 2 aromatic rings. The third-order valence-corrected chi connectivity index (χ3v) is 4.37. The van der Waals surface area contributed by atoms with Crippen LogP contribution < -0.4 is 5.32 Å². The third kappa shape index (κ3) is 4.95. The second kappa shape index (κ2) is 8.50. The number of carbonyl (C=O) groups excluding carboxylic acids is 2. The molecule has 0 aliphatic rings. The largest absolute Gasteiger partial charge is 0.348 e. The van der Waals surface area contributed by atoms with Gasteiger partial charge in [-0.2, -0.15) is 5.26 Å². The lowest BCUT2D eigenvalue weighted by atomic mass is 10.1. The summed E-state index contributed by atoms with van der Waals surface area (Å²) in [6.07, 6.45) is 1.62. The number of nitrogens with one attached hydrogen (secondary N) is 1. The van der Waals surface area contributed by atoms with Crippen molar-refractivity contribution in [2.45, 2.75) is 41.2 Å². The minimum Gasteiger partial charge on any atom is -0.348 e. The number of hydrogen-bond donors (Lipinski definition) is 1. The van der Waals surface area contributed by atoms with Crippen LogP contribution in [0.15, 0.2) is 35.9 Å². The molecule has 1 N–H and O–H groups in total. The highest BCUT2D eigenvalue weighted by Crippen LogP contribution is 2.20. The molecule has 0 bridgehead atoms. The summed E-state index contributed by atoms with van der Waals surface area (Å²) in [7, 11) is 0. The number of benzene rings is 1. The maximum absolute atomic E-state index is 12.5. The molecule has 0 saturated heterocycles. The van der Waals surface area contributed by atoms with E-state index in [9.17, 15) is 14.9 Å². The van der Waals surface area contributed by atoms with Gasteiger partial charge in [-0.3, -0.25) is 9.59 Å². The van der Waals surface area contributed by atoms with E-state index in [-0.39, 0.29) is 11.4 Å². The molecular formula is C22H25N3O2. The van der Waals surface area contributed by atoms with Crippen LogP contribution in [0.3, 0.4) is 0 Å². The number of rotatable bonds is 6. The third-order valence-electron chi connectivity index (χ3n) is 4.37. The van der Waals surface area contributed by atoms with Gasteiger partial charge >= 0.3 is 0 Å². The Balaban J connectivity index is 2.24. The second-order valence-corrected chi connectivity index (χ2v) is 7.09. The van der Waals surface area contributed by atoms with Crippen LogP contribution in [0.1, 0.15) is 48.1 Å². The number of nitrogens with zero attached hydrogens (tertiary/aromatic N) is 2. The predicted octanol–water partition coefficient (Wildman–Crippen LogP) is 4.51. The van der Waals surface area contributed by atoms with Gasteiger partial charge in [0.2, 0.25) is 0 Å². The number of carbonyl (C=O) groups is 2. The van der Waals surface area contributed by atoms with Crippen molar-refractivity contribution < 1.29 is 9.59 Å². The Morgan fingerprint density at radius 2 is 1.85 bits per heavy atom. The number of aromatic nitrogens is 1. The van der Waals surface area contributed by atoms with Gasteiger partial charge in [-0.15, -0.1) is 0 Å². The van der Waals surface area contributed by atoms with E-state index < -0.39 is 5.91 Å². The first-order chi connectivity index (χ1) is 12.7. The molecule has 140 valence electrons. The van der Waals surface area contributed by atoms with E-state index in [1.807, 2.05) is 26.0 Å². The number of nitriles is 1. The Labute approximate surface area is 160 Å². The van der Waals surface area contributed by atoms with Crippen LogP contribution in [0.4, 0.5) is 5.69 Å². The van der Waals surface area contributed by atoms with Gasteiger partial charge in [0, 0.05) is 29.2 Å². The van der Waals surface area contributed by atoms with Gasteiger partial charge in [0.1, 0.15) is 11.6 Å². The first-order valence-corrected chi connectivity index (χ1v) is 8.93. The molecule has 0 atom stereocenters. The Hall–Kier alpha value is -3.13. The first-order valence-electron chi connectivity index (χ1n) is 8.93. The van der Waals surface area contributed by atoms with Crippen LogP contribution in [-0.4, -0.2) is 16.3 Å². The number of anilines is 1. The SMILES string of the molecule is CC(=O)c1ccc(NC(=O)/C(C#N)=C/c2cc(C)n(CC(C)C)c2C)cc1. The fourth-order valence-electron chi connectivity index (χ4n) is 2.91. The minimum atomic E-state index is -0.471. The smallest absolute Gasteiger partial charge is 0.266 e. The lowest BCUT2D eigenvalue weighted by Crippen LogP contribution is -2.13. The van der Waals surface area contributed by atoms with Crippen LogP contribution in [-0.2, 0) is 11.3 Å². The zero-order valence-electron chi connectivity index (χ0n) is 16.5. The molecule has 0 aliphatic heterocycles. The average Bonchev–Trinajstić information content (AvgIpc) is 2.87. The minimum absolute atomic E-state index is 0.0374. The normalized spacial score (nSPS) is 11.4. The van der Waals surface area contributed by atoms with Gasteiger partial charge in [0.15, 0.2) is 5.78 Å². The summed E-state index contributed by atoms with van der Waals surface area (Å²) in [4.78, 5) is 23.8. The van der Waals surface area contributed by atoms with Crippen LogP contribution >= 0.6 is 0 Å². The van der Waals surface area contributed by atoms with Gasteiger partial charge in [0.05, 0.1) is 0 Å². The lowest BCUT2D eigenvalue weighted by molar-refractivity contribution is -0.112. The number of aryl methyl sites for hydroxylation is 1. The topological polar surface area (TPSA) is 74.9 Å². The van der Waals surface area contributed by atoms with Gasteiger partial charge in [-0.25, -0.2) is 0 Å². The zero-order chi connectivity index (χ0) is 20.1. The van der Waals surface area contributed by atoms with Crippen LogP contribution in [0.25, 0.3) is 6.08 Å². The monoisotopic (exact) mass is 363 g/mol. The molecule has 0 radical (unpaired) electrons. The fourth-order valence-corrected chi connectivity index (χ4v) is 2.91. The number of ketones is 1. The average molecular weight is 363 g/mol. The summed E-state index contributed by atoms with van der Waals surface area (Å²) in [6.45, 7) is 10.7. The number of Topliss-reactive ketones (excluding diaryl/α,β-unsaturated/α-hetero) is 1. The van der Waals surface area contributed by atoms with Crippen molar-refractivity contribution in [3.63, 3.8) is 0 Å². The van der Waals surface area contributed by atoms with E-state index in [2.05, 4.69) is 23.7 Å². The highest BCUT2D eigenvalue weighted by Gasteiger charge is 2.14. The predicted molar refractivity (Wildman–Crippen MR) is 107 cm³/mol. The Kier molecular flexibility index (Phi) is 6.36. The second-order valence-electron chi connectivity index (χ2n) is 7.09. The maximum Gasteiger partial charge on any atom is 0.266 e. The van der Waals surface area contributed by atoms with Gasteiger partial charge in [0.25, 0.3) is 5.91 Å². The standard InChI is InChI=1S/C22H25N3O2/c1-14(2)13-25-15(3)10-19(16(25)4)11-20(12-23)22(27)24-21-8-6-18(7-9-21)17(5)26/h6-11,14H,13H2,1-5H3,(H,24,27)/b20-11+. The highest BCUT2D eigenvalue weighted by molar-refractivity contribution is 6.09. The highest BCUT2D eigenvalue weighted by atomic mass is 16.1. The Morgan fingerprint density at radius 3 is 2.37 bits per heavy atom. The summed E-state index contributed by atoms with van der Waals surface area (Å²) in [5.41, 5.74) is 4.15. The summed E-state index contributed by atoms with van der Waals surface area (Å²) in [5.74, 6) is -0.00711. The van der Waals surface area contributed by atoms with Crippen molar-refractivity contribution in [3.05, 3.63) is 58.4 Å². The van der Waals surface area contributed by atoms with E-state index in [0.29, 0.717) is 17.2 Å². The van der Waals surface area contributed by atoms with E-state index in [0.717, 1.165) is 23.5 Å². The van der Waals surface area contributed by atoms with Gasteiger partial charge in [-0.05, 0) is 68.7 Å². The molecule has 1 aromatic heterocycles.